The first-order valence-electron chi connectivity index (χ1n) is 10.1. The Morgan fingerprint density at radius 1 is 0.935 bits per heavy atom. The molecule has 0 saturated heterocycles. The maximum absolute atomic E-state index is 12.8. The van der Waals surface area contributed by atoms with E-state index in [-0.39, 0.29) is 11.7 Å². The van der Waals surface area contributed by atoms with E-state index in [1.807, 2.05) is 44.2 Å². The minimum absolute atomic E-state index is 0.0419. The lowest BCUT2D eigenvalue weighted by atomic mass is 10.0. The molecule has 0 fully saturated rings. The van der Waals surface area contributed by atoms with E-state index < -0.39 is 47.9 Å². The number of aliphatic carboxylic acids is 1. The molecule has 0 radical (unpaired) electrons. The lowest BCUT2D eigenvalue weighted by Gasteiger charge is -2.25. The van der Waals surface area contributed by atoms with Crippen LogP contribution >= 0.6 is 12.6 Å². The van der Waals surface area contributed by atoms with Crippen LogP contribution in [0, 0.1) is 5.92 Å². The van der Waals surface area contributed by atoms with E-state index in [0.717, 1.165) is 5.56 Å². The van der Waals surface area contributed by atoms with Crippen LogP contribution in [0.4, 0.5) is 0 Å². The van der Waals surface area contributed by atoms with E-state index in [4.69, 9.17) is 10.8 Å². The molecule has 0 aliphatic rings. The molecule has 0 aromatic heterocycles. The van der Waals surface area contributed by atoms with E-state index in [2.05, 4.69) is 28.6 Å². The number of nitrogens with one attached hydrogen (secondary N) is 3. The molecule has 1 aromatic carbocycles. The van der Waals surface area contributed by atoms with Gasteiger partial charge in [0.2, 0.25) is 17.7 Å². The van der Waals surface area contributed by atoms with Crippen LogP contribution in [-0.4, -0.2) is 58.7 Å². The van der Waals surface area contributed by atoms with Gasteiger partial charge >= 0.3 is 5.97 Å². The summed E-state index contributed by atoms with van der Waals surface area (Å²) < 4.78 is 0. The van der Waals surface area contributed by atoms with Crippen molar-refractivity contribution in [3.8, 4) is 0 Å². The largest absolute Gasteiger partial charge is 0.480 e. The third-order valence-electron chi connectivity index (χ3n) is 4.52. The molecule has 10 heteroatoms. The van der Waals surface area contributed by atoms with E-state index in [9.17, 15) is 19.2 Å². The maximum Gasteiger partial charge on any atom is 0.325 e. The van der Waals surface area contributed by atoms with Gasteiger partial charge in [0.1, 0.15) is 18.1 Å². The van der Waals surface area contributed by atoms with Crippen LogP contribution in [0.2, 0.25) is 0 Å². The zero-order valence-electron chi connectivity index (χ0n) is 18.0. The van der Waals surface area contributed by atoms with E-state index >= 15 is 0 Å². The van der Waals surface area contributed by atoms with E-state index in [0.29, 0.717) is 12.8 Å². The smallest absolute Gasteiger partial charge is 0.325 e. The van der Waals surface area contributed by atoms with Crippen molar-refractivity contribution < 1.29 is 24.3 Å². The summed E-state index contributed by atoms with van der Waals surface area (Å²) in [6, 6.07) is 5.37. The van der Waals surface area contributed by atoms with Gasteiger partial charge in [-0.05, 0) is 31.2 Å². The van der Waals surface area contributed by atoms with Crippen molar-refractivity contribution in [3.05, 3.63) is 35.9 Å². The SMILES string of the molecule is CC(C)CC(NC(=O)C(N)Cc1ccccc1)C(=O)NC(CS)C(=O)NC(C)C(=O)O. The molecule has 4 unspecified atom stereocenters. The van der Waals surface area contributed by atoms with Gasteiger partial charge in [-0.1, -0.05) is 44.2 Å². The molecule has 0 spiro atoms. The summed E-state index contributed by atoms with van der Waals surface area (Å²) in [6.45, 7) is 5.11. The molecule has 1 aromatic rings. The number of benzene rings is 1. The number of thiol groups is 1. The monoisotopic (exact) mass is 452 g/mol. The highest BCUT2D eigenvalue weighted by molar-refractivity contribution is 7.80. The van der Waals surface area contributed by atoms with Crippen molar-refractivity contribution in [1.82, 2.24) is 16.0 Å². The standard InChI is InChI=1S/C21H32N4O5S/c1-12(2)9-16(24-18(26)15(22)10-14-7-5-4-6-8-14)19(27)25-17(11-31)20(28)23-13(3)21(29)30/h4-8,12-13,15-17,31H,9-11,22H2,1-3H3,(H,23,28)(H,24,26)(H,25,27)(H,29,30). The Kier molecular flexibility index (Phi) is 11.1. The Hall–Kier alpha value is -2.59. The Morgan fingerprint density at radius 2 is 1.48 bits per heavy atom. The third-order valence-corrected chi connectivity index (χ3v) is 4.89. The van der Waals surface area contributed by atoms with Gasteiger partial charge in [-0.3, -0.25) is 19.2 Å². The van der Waals surface area contributed by atoms with Crippen LogP contribution in [0.3, 0.4) is 0 Å². The molecule has 31 heavy (non-hydrogen) atoms. The predicted octanol–water partition coefficient (Wildman–Crippen LogP) is 0.0912. The van der Waals surface area contributed by atoms with E-state index in [1.165, 1.54) is 6.92 Å². The Bertz CT molecular complexity index is 759. The van der Waals surface area contributed by atoms with Crippen molar-refractivity contribution in [1.29, 1.82) is 0 Å². The van der Waals surface area contributed by atoms with Gasteiger partial charge < -0.3 is 26.8 Å². The summed E-state index contributed by atoms with van der Waals surface area (Å²) in [5, 5.41) is 16.4. The molecule has 4 atom stereocenters. The number of hydrogen-bond donors (Lipinski definition) is 6. The molecule has 6 N–H and O–H groups in total. The molecule has 172 valence electrons. The summed E-state index contributed by atoms with van der Waals surface area (Å²) >= 11 is 4.07. The zero-order chi connectivity index (χ0) is 23.6. The highest BCUT2D eigenvalue weighted by Gasteiger charge is 2.29. The summed E-state index contributed by atoms with van der Waals surface area (Å²) in [6.07, 6.45) is 0.652. The third kappa shape index (κ3) is 9.39. The van der Waals surface area contributed by atoms with Crippen molar-refractivity contribution in [2.75, 3.05) is 5.75 Å². The van der Waals surface area contributed by atoms with Crippen molar-refractivity contribution in [2.45, 2.75) is 57.8 Å². The molecule has 0 bridgehead atoms. The second-order valence-corrected chi connectivity index (χ2v) is 8.16. The topological polar surface area (TPSA) is 151 Å². The number of carboxylic acids is 1. The van der Waals surface area contributed by atoms with Crippen molar-refractivity contribution in [3.63, 3.8) is 0 Å². The lowest BCUT2D eigenvalue weighted by Crippen LogP contribution is -2.57. The highest BCUT2D eigenvalue weighted by Crippen LogP contribution is 2.08. The fourth-order valence-electron chi connectivity index (χ4n) is 2.78. The van der Waals surface area contributed by atoms with Crippen LogP contribution in [0.1, 0.15) is 32.8 Å². The molecule has 0 aliphatic heterocycles. The van der Waals surface area contributed by atoms with Gasteiger partial charge in [-0.25, -0.2) is 0 Å². The first-order valence-corrected chi connectivity index (χ1v) is 10.7. The molecule has 0 heterocycles. The summed E-state index contributed by atoms with van der Waals surface area (Å²) in [7, 11) is 0. The van der Waals surface area contributed by atoms with Crippen LogP contribution in [0.25, 0.3) is 0 Å². The van der Waals surface area contributed by atoms with E-state index in [1.54, 1.807) is 0 Å². The average molecular weight is 453 g/mol. The second-order valence-electron chi connectivity index (χ2n) is 7.80. The number of carbonyl (C=O) groups excluding carboxylic acids is 3. The average Bonchev–Trinajstić information content (AvgIpc) is 2.71. The number of carbonyl (C=O) groups is 4. The molecular formula is C21H32N4O5S. The Morgan fingerprint density at radius 3 is 2.00 bits per heavy atom. The first-order chi connectivity index (χ1) is 14.5. The number of carboxylic acid groups (broad SMARTS) is 1. The fraction of sp³-hybridized carbons (Fsp3) is 0.524. The van der Waals surface area contributed by atoms with Crippen molar-refractivity contribution >= 4 is 36.3 Å². The highest BCUT2D eigenvalue weighted by atomic mass is 32.1. The minimum atomic E-state index is -1.20. The quantitative estimate of drug-likeness (QED) is 0.247. The molecule has 1 rings (SSSR count). The number of amides is 3. The van der Waals surface area contributed by atoms with Crippen molar-refractivity contribution in [2.24, 2.45) is 11.7 Å². The van der Waals surface area contributed by atoms with Crippen LogP contribution in [0.15, 0.2) is 30.3 Å². The predicted molar refractivity (Wildman–Crippen MR) is 121 cm³/mol. The summed E-state index contributed by atoms with van der Waals surface area (Å²) in [5.41, 5.74) is 6.91. The first kappa shape index (κ1) is 26.4. The molecule has 0 saturated carbocycles. The Balaban J connectivity index is 2.79. The summed E-state index contributed by atoms with van der Waals surface area (Å²) in [4.78, 5) is 48.6. The molecular weight excluding hydrogens is 420 g/mol. The van der Waals surface area contributed by atoms with Crippen LogP contribution in [-0.2, 0) is 25.6 Å². The van der Waals surface area contributed by atoms with Gasteiger partial charge in [0.15, 0.2) is 0 Å². The molecule has 3 amide bonds. The maximum atomic E-state index is 12.8. The fourth-order valence-corrected chi connectivity index (χ4v) is 3.04. The van der Waals surface area contributed by atoms with Crippen LogP contribution < -0.4 is 21.7 Å². The number of nitrogens with two attached hydrogens (primary N) is 1. The lowest BCUT2D eigenvalue weighted by molar-refractivity contribution is -0.141. The van der Waals surface area contributed by atoms with Gasteiger partial charge in [0, 0.05) is 5.75 Å². The molecule has 0 aliphatic carbocycles. The van der Waals surface area contributed by atoms with Gasteiger partial charge in [0.05, 0.1) is 6.04 Å². The normalized spacial score (nSPS) is 14.8. The minimum Gasteiger partial charge on any atom is -0.480 e. The number of hydrogen-bond acceptors (Lipinski definition) is 6. The number of rotatable bonds is 12. The second kappa shape index (κ2) is 13.0. The summed E-state index contributed by atoms with van der Waals surface area (Å²) in [5.74, 6) is -2.87. The Labute approximate surface area is 187 Å². The van der Waals surface area contributed by atoms with Gasteiger partial charge in [-0.15, -0.1) is 0 Å². The van der Waals surface area contributed by atoms with Gasteiger partial charge in [-0.2, -0.15) is 12.6 Å². The zero-order valence-corrected chi connectivity index (χ0v) is 18.9. The van der Waals surface area contributed by atoms with Crippen LogP contribution in [0.5, 0.6) is 0 Å². The molecule has 9 nitrogen and oxygen atoms in total. The van der Waals surface area contributed by atoms with Gasteiger partial charge in [0.25, 0.3) is 0 Å².